The monoisotopic (exact) mass is 351 g/mol. The molecule has 0 aliphatic rings. The minimum absolute atomic E-state index is 0.556. The van der Waals surface area contributed by atoms with E-state index in [4.69, 9.17) is 0 Å². The third-order valence-corrected chi connectivity index (χ3v) is 4.89. The molecule has 106 valence electrons. The number of anilines is 1. The highest BCUT2D eigenvalue weighted by atomic mass is 79.9. The second kappa shape index (κ2) is 7.09. The number of hydrogen-bond donors (Lipinski definition) is 1. The van der Waals surface area contributed by atoms with E-state index in [0.29, 0.717) is 5.92 Å². The molecule has 0 saturated heterocycles. The van der Waals surface area contributed by atoms with Crippen LogP contribution in [-0.4, -0.2) is 16.5 Å². The second-order valence-corrected chi connectivity index (χ2v) is 6.55. The SMILES string of the molecule is CCNc1ncnc(Sc2ccc(C(C)C)cc2)c1Br. The van der Waals surface area contributed by atoms with E-state index in [1.54, 1.807) is 18.1 Å². The first kappa shape index (κ1) is 15.3. The van der Waals surface area contributed by atoms with Crippen LogP contribution in [0.4, 0.5) is 5.82 Å². The van der Waals surface area contributed by atoms with Crippen LogP contribution in [0.1, 0.15) is 32.3 Å². The molecule has 0 radical (unpaired) electrons. The van der Waals surface area contributed by atoms with Gasteiger partial charge in [0.2, 0.25) is 0 Å². The van der Waals surface area contributed by atoms with Crippen LogP contribution >= 0.6 is 27.7 Å². The summed E-state index contributed by atoms with van der Waals surface area (Å²) in [7, 11) is 0. The fourth-order valence-electron chi connectivity index (χ4n) is 1.75. The standard InChI is InChI=1S/C15H18BrN3S/c1-4-17-14-13(16)15(19-9-18-14)20-12-7-5-11(6-8-12)10(2)3/h5-10H,4H2,1-3H3,(H,17,18,19). The predicted molar refractivity (Wildman–Crippen MR) is 88.5 cm³/mol. The zero-order valence-corrected chi connectivity index (χ0v) is 14.3. The minimum Gasteiger partial charge on any atom is -0.369 e. The van der Waals surface area contributed by atoms with Crippen LogP contribution in [0, 0.1) is 0 Å². The average Bonchev–Trinajstić information content (AvgIpc) is 2.44. The summed E-state index contributed by atoms with van der Waals surface area (Å²) in [4.78, 5) is 9.74. The summed E-state index contributed by atoms with van der Waals surface area (Å²) in [5.74, 6) is 1.39. The number of halogens is 1. The number of hydrogen-bond acceptors (Lipinski definition) is 4. The molecule has 0 saturated carbocycles. The zero-order chi connectivity index (χ0) is 14.5. The molecule has 3 nitrogen and oxygen atoms in total. The zero-order valence-electron chi connectivity index (χ0n) is 11.9. The van der Waals surface area contributed by atoms with Crippen LogP contribution in [0.3, 0.4) is 0 Å². The van der Waals surface area contributed by atoms with Crippen LogP contribution in [0.15, 0.2) is 45.0 Å². The molecule has 1 N–H and O–H groups in total. The molecule has 20 heavy (non-hydrogen) atoms. The van der Waals surface area contributed by atoms with Gasteiger partial charge in [0.15, 0.2) is 0 Å². The first-order valence-corrected chi connectivity index (χ1v) is 8.25. The molecule has 0 aliphatic heterocycles. The van der Waals surface area contributed by atoms with Gasteiger partial charge in [0.1, 0.15) is 17.2 Å². The van der Waals surface area contributed by atoms with Crippen molar-refractivity contribution in [3.05, 3.63) is 40.6 Å². The third kappa shape index (κ3) is 3.73. The van der Waals surface area contributed by atoms with Gasteiger partial charge in [-0.25, -0.2) is 9.97 Å². The summed E-state index contributed by atoms with van der Waals surface area (Å²) in [6.07, 6.45) is 1.59. The molecular weight excluding hydrogens is 334 g/mol. The van der Waals surface area contributed by atoms with Gasteiger partial charge in [-0.05, 0) is 46.5 Å². The average molecular weight is 352 g/mol. The Hall–Kier alpha value is -1.07. The van der Waals surface area contributed by atoms with Crippen molar-refractivity contribution in [1.29, 1.82) is 0 Å². The molecule has 1 heterocycles. The Labute approximate surface area is 132 Å². The van der Waals surface area contributed by atoms with Crippen molar-refractivity contribution in [3.8, 4) is 0 Å². The van der Waals surface area contributed by atoms with E-state index in [1.807, 2.05) is 6.92 Å². The normalized spacial score (nSPS) is 10.8. The van der Waals surface area contributed by atoms with Gasteiger partial charge in [-0.1, -0.05) is 37.7 Å². The number of aromatic nitrogens is 2. The smallest absolute Gasteiger partial charge is 0.144 e. The molecule has 0 atom stereocenters. The second-order valence-electron chi connectivity index (χ2n) is 4.70. The highest BCUT2D eigenvalue weighted by molar-refractivity contribution is 9.10. The Balaban J connectivity index is 2.19. The Bertz CT molecular complexity index is 570. The Morgan fingerprint density at radius 2 is 1.90 bits per heavy atom. The molecule has 0 spiro atoms. The lowest BCUT2D eigenvalue weighted by Gasteiger charge is -2.09. The Kier molecular flexibility index (Phi) is 5.43. The molecule has 0 aliphatic carbocycles. The summed E-state index contributed by atoms with van der Waals surface area (Å²) < 4.78 is 0.916. The third-order valence-electron chi connectivity index (χ3n) is 2.86. The lowest BCUT2D eigenvalue weighted by atomic mass is 10.0. The molecule has 2 aromatic rings. The molecule has 0 fully saturated rings. The van der Waals surface area contributed by atoms with E-state index < -0.39 is 0 Å². The van der Waals surface area contributed by atoms with Crippen molar-refractivity contribution in [3.63, 3.8) is 0 Å². The van der Waals surface area contributed by atoms with Gasteiger partial charge in [0.05, 0.1) is 4.47 Å². The number of rotatable bonds is 5. The van der Waals surface area contributed by atoms with E-state index in [0.717, 1.165) is 21.9 Å². The largest absolute Gasteiger partial charge is 0.369 e. The summed E-state index contributed by atoms with van der Waals surface area (Å²) in [5, 5.41) is 4.14. The van der Waals surface area contributed by atoms with Crippen LogP contribution in [0.5, 0.6) is 0 Å². The molecule has 0 bridgehead atoms. The summed E-state index contributed by atoms with van der Waals surface area (Å²) >= 11 is 5.21. The van der Waals surface area contributed by atoms with E-state index >= 15 is 0 Å². The molecular formula is C15H18BrN3S. The van der Waals surface area contributed by atoms with E-state index in [9.17, 15) is 0 Å². The van der Waals surface area contributed by atoms with Crippen molar-refractivity contribution < 1.29 is 0 Å². The summed E-state index contributed by atoms with van der Waals surface area (Å²) in [5.41, 5.74) is 1.35. The fraction of sp³-hybridized carbons (Fsp3) is 0.333. The maximum atomic E-state index is 4.34. The lowest BCUT2D eigenvalue weighted by molar-refractivity contribution is 0.865. The van der Waals surface area contributed by atoms with Gasteiger partial charge < -0.3 is 5.32 Å². The highest BCUT2D eigenvalue weighted by Gasteiger charge is 2.09. The van der Waals surface area contributed by atoms with E-state index in [2.05, 4.69) is 69.3 Å². The number of nitrogens with zero attached hydrogens (tertiary/aromatic N) is 2. The first-order valence-electron chi connectivity index (χ1n) is 6.64. The number of nitrogens with one attached hydrogen (secondary N) is 1. The molecule has 0 unspecified atom stereocenters. The van der Waals surface area contributed by atoms with Crippen molar-refractivity contribution >= 4 is 33.5 Å². The van der Waals surface area contributed by atoms with Gasteiger partial charge in [-0.15, -0.1) is 0 Å². The van der Waals surface area contributed by atoms with Crippen molar-refractivity contribution in [2.24, 2.45) is 0 Å². The van der Waals surface area contributed by atoms with Gasteiger partial charge in [-0.2, -0.15) is 0 Å². The maximum absolute atomic E-state index is 4.34. The van der Waals surface area contributed by atoms with E-state index in [-0.39, 0.29) is 0 Å². The number of benzene rings is 1. The van der Waals surface area contributed by atoms with Gasteiger partial charge in [-0.3, -0.25) is 0 Å². The fourth-order valence-corrected chi connectivity index (χ4v) is 3.12. The molecule has 2 rings (SSSR count). The lowest BCUT2D eigenvalue weighted by Crippen LogP contribution is -2.01. The topological polar surface area (TPSA) is 37.8 Å². The van der Waals surface area contributed by atoms with Crippen LogP contribution in [-0.2, 0) is 0 Å². The van der Waals surface area contributed by atoms with Crippen molar-refractivity contribution in [2.45, 2.75) is 36.6 Å². The molecule has 5 heteroatoms. The highest BCUT2D eigenvalue weighted by Crippen LogP contribution is 2.35. The summed E-state index contributed by atoms with van der Waals surface area (Å²) in [6.45, 7) is 7.28. The maximum Gasteiger partial charge on any atom is 0.144 e. The van der Waals surface area contributed by atoms with Crippen LogP contribution in [0.2, 0.25) is 0 Å². The Morgan fingerprint density at radius 3 is 2.50 bits per heavy atom. The van der Waals surface area contributed by atoms with Gasteiger partial charge in [0.25, 0.3) is 0 Å². The van der Waals surface area contributed by atoms with Crippen molar-refractivity contribution in [2.75, 3.05) is 11.9 Å². The van der Waals surface area contributed by atoms with Crippen molar-refractivity contribution in [1.82, 2.24) is 9.97 Å². The van der Waals surface area contributed by atoms with Gasteiger partial charge >= 0.3 is 0 Å². The predicted octanol–water partition coefficient (Wildman–Crippen LogP) is 4.95. The van der Waals surface area contributed by atoms with E-state index in [1.165, 1.54) is 10.5 Å². The quantitative estimate of drug-likeness (QED) is 0.773. The van der Waals surface area contributed by atoms with Crippen LogP contribution < -0.4 is 5.32 Å². The molecule has 1 aromatic carbocycles. The van der Waals surface area contributed by atoms with Gasteiger partial charge in [0, 0.05) is 11.4 Å². The minimum atomic E-state index is 0.556. The molecule has 0 amide bonds. The van der Waals surface area contributed by atoms with Crippen LogP contribution in [0.25, 0.3) is 0 Å². The Morgan fingerprint density at radius 1 is 1.20 bits per heavy atom. The summed E-state index contributed by atoms with van der Waals surface area (Å²) in [6, 6.07) is 8.63. The molecule has 1 aromatic heterocycles. The first-order chi connectivity index (χ1) is 9.61.